The Kier molecular flexibility index (Phi) is 5.39. The average Bonchev–Trinajstić information content (AvgIpc) is 2.12. The van der Waals surface area contributed by atoms with Gasteiger partial charge in [-0.05, 0) is 23.2 Å². The van der Waals surface area contributed by atoms with Crippen LogP contribution in [0.25, 0.3) is 0 Å². The lowest BCUT2D eigenvalue weighted by Gasteiger charge is -2.41. The van der Waals surface area contributed by atoms with Crippen LogP contribution in [0.3, 0.4) is 0 Å². The molecule has 122 valence electrons. The van der Waals surface area contributed by atoms with E-state index in [-0.39, 0.29) is 0 Å². The van der Waals surface area contributed by atoms with Gasteiger partial charge in [0.25, 0.3) is 0 Å². The number of rotatable bonds is 5. The van der Waals surface area contributed by atoms with E-state index in [0.717, 1.165) is 0 Å². The monoisotopic (exact) mass is 418 g/mol. The van der Waals surface area contributed by atoms with Gasteiger partial charge >= 0.3 is 32.1 Å². The maximum atomic E-state index is 13.4. The van der Waals surface area contributed by atoms with Crippen LogP contribution in [0.15, 0.2) is 0 Å². The van der Waals surface area contributed by atoms with Crippen molar-refractivity contribution in [2.75, 3.05) is 0 Å². The molecule has 0 aromatic carbocycles. The summed E-state index contributed by atoms with van der Waals surface area (Å²) in [4.78, 5) is 0. The van der Waals surface area contributed by atoms with Crippen molar-refractivity contribution < 1.29 is 39.5 Å². The van der Waals surface area contributed by atoms with Crippen molar-refractivity contribution in [2.24, 2.45) is 0 Å². The molecular formula is C6Cl5F9. The van der Waals surface area contributed by atoms with Crippen molar-refractivity contribution in [3.63, 3.8) is 0 Å². The molecule has 0 rings (SSSR count). The molecule has 0 nitrogen and oxygen atoms in total. The highest BCUT2D eigenvalue weighted by Gasteiger charge is 2.86. The topological polar surface area (TPSA) is 0 Å². The first-order valence-corrected chi connectivity index (χ1v) is 5.79. The first-order chi connectivity index (χ1) is 8.25. The minimum absolute atomic E-state index is 3.85. The van der Waals surface area contributed by atoms with Crippen LogP contribution in [0, 0.1) is 0 Å². The summed E-state index contributed by atoms with van der Waals surface area (Å²) in [5, 5.41) is -29.0. The Labute approximate surface area is 130 Å². The average molecular weight is 420 g/mol. The number of hydrogen-bond acceptors (Lipinski definition) is 0. The molecule has 0 aromatic heterocycles. The second-order valence-corrected chi connectivity index (χ2v) is 5.80. The van der Waals surface area contributed by atoms with Gasteiger partial charge in [0.2, 0.25) is 0 Å². The van der Waals surface area contributed by atoms with Gasteiger partial charge in [0.05, 0.1) is 0 Å². The molecule has 0 bridgehead atoms. The SMILES string of the molecule is FC(F)(Cl)C(F)(Cl)C(F)(F)C(F)(Cl)C(F)(Cl)C(F)(F)Cl. The zero-order valence-corrected chi connectivity index (χ0v) is 12.1. The van der Waals surface area contributed by atoms with Crippen LogP contribution < -0.4 is 0 Å². The summed E-state index contributed by atoms with van der Waals surface area (Å²) in [7, 11) is 0. The summed E-state index contributed by atoms with van der Waals surface area (Å²) in [6.07, 6.45) is 0. The molecule has 0 saturated carbocycles. The molecule has 0 spiro atoms. The third-order valence-electron chi connectivity index (χ3n) is 1.90. The molecule has 0 saturated heterocycles. The lowest BCUT2D eigenvalue weighted by Crippen LogP contribution is -2.67. The normalized spacial score (nSPS) is 23.7. The van der Waals surface area contributed by atoms with E-state index in [2.05, 4.69) is 58.0 Å². The molecule has 0 heterocycles. The van der Waals surface area contributed by atoms with Crippen molar-refractivity contribution in [2.45, 2.75) is 32.1 Å². The Morgan fingerprint density at radius 1 is 0.400 bits per heavy atom. The van der Waals surface area contributed by atoms with E-state index in [1.54, 1.807) is 0 Å². The van der Waals surface area contributed by atoms with Crippen LogP contribution in [0.4, 0.5) is 39.5 Å². The van der Waals surface area contributed by atoms with Crippen LogP contribution in [-0.2, 0) is 0 Å². The molecule has 0 fully saturated rings. The van der Waals surface area contributed by atoms with Crippen molar-refractivity contribution in [1.82, 2.24) is 0 Å². The summed E-state index contributed by atoms with van der Waals surface area (Å²) in [5.41, 5.74) is 0. The smallest absolute Gasteiger partial charge is 0.214 e. The van der Waals surface area contributed by atoms with Crippen molar-refractivity contribution in [3.05, 3.63) is 0 Å². The minimum Gasteiger partial charge on any atom is -0.214 e. The Morgan fingerprint density at radius 2 is 0.650 bits per heavy atom. The Balaban J connectivity index is 6.08. The lowest BCUT2D eigenvalue weighted by atomic mass is 10.0. The predicted octanol–water partition coefficient (Wildman–Crippen LogP) is 6.00. The number of halogens is 14. The molecule has 20 heavy (non-hydrogen) atoms. The van der Waals surface area contributed by atoms with Crippen LogP contribution >= 0.6 is 58.0 Å². The summed E-state index contributed by atoms with van der Waals surface area (Å²) < 4.78 is 116. The van der Waals surface area contributed by atoms with Crippen molar-refractivity contribution >= 4 is 58.0 Å². The maximum Gasteiger partial charge on any atom is 0.375 e. The zero-order chi connectivity index (χ0) is 17.0. The van der Waals surface area contributed by atoms with E-state index in [1.165, 1.54) is 0 Å². The molecule has 0 amide bonds. The van der Waals surface area contributed by atoms with Gasteiger partial charge in [-0.25, -0.2) is 13.2 Å². The van der Waals surface area contributed by atoms with Gasteiger partial charge in [0.15, 0.2) is 0 Å². The standard InChI is InChI=1S/C6Cl5F9/c7-1(12,2(8,13)5(10,17)18)4(15,16)3(9,14)6(11,19)20. The van der Waals surface area contributed by atoms with E-state index >= 15 is 0 Å². The third-order valence-corrected chi connectivity index (χ3v) is 4.18. The molecule has 0 radical (unpaired) electrons. The molecule has 14 heteroatoms. The Hall–Kier alpha value is 0.820. The van der Waals surface area contributed by atoms with Crippen molar-refractivity contribution in [1.29, 1.82) is 0 Å². The predicted molar refractivity (Wildman–Crippen MR) is 55.6 cm³/mol. The highest BCUT2D eigenvalue weighted by Crippen LogP contribution is 2.63. The highest BCUT2D eigenvalue weighted by molar-refractivity contribution is 6.40. The molecule has 0 aromatic rings. The minimum atomic E-state index is -6.54. The largest absolute Gasteiger partial charge is 0.375 e. The van der Waals surface area contributed by atoms with Crippen LogP contribution in [-0.4, -0.2) is 32.1 Å². The maximum absolute atomic E-state index is 13.4. The number of hydrogen-bond donors (Lipinski definition) is 0. The molecule has 0 aliphatic rings. The Bertz CT molecular complexity index is 332. The summed E-state index contributed by atoms with van der Waals surface area (Å²) in [6.45, 7) is 0. The van der Waals surface area contributed by atoms with E-state index in [9.17, 15) is 39.5 Å². The van der Waals surface area contributed by atoms with Gasteiger partial charge in [-0.2, -0.15) is 26.3 Å². The molecule has 3 unspecified atom stereocenters. The summed E-state index contributed by atoms with van der Waals surface area (Å²) in [5.74, 6) is -6.54. The first kappa shape index (κ1) is 20.8. The summed E-state index contributed by atoms with van der Waals surface area (Å²) >= 11 is 19.9. The molecule has 0 aliphatic heterocycles. The fraction of sp³-hybridized carbons (Fsp3) is 1.00. The van der Waals surface area contributed by atoms with Crippen LogP contribution in [0.2, 0.25) is 0 Å². The van der Waals surface area contributed by atoms with Crippen molar-refractivity contribution in [3.8, 4) is 0 Å². The van der Waals surface area contributed by atoms with E-state index in [1.807, 2.05) is 0 Å². The van der Waals surface area contributed by atoms with Gasteiger partial charge in [0, 0.05) is 0 Å². The van der Waals surface area contributed by atoms with E-state index in [0.29, 0.717) is 0 Å². The van der Waals surface area contributed by atoms with Crippen LogP contribution in [0.5, 0.6) is 0 Å². The quantitative estimate of drug-likeness (QED) is 0.378. The Morgan fingerprint density at radius 3 is 0.850 bits per heavy atom. The lowest BCUT2D eigenvalue weighted by molar-refractivity contribution is -0.247. The fourth-order valence-electron chi connectivity index (χ4n) is 0.750. The van der Waals surface area contributed by atoms with E-state index < -0.39 is 32.1 Å². The third kappa shape index (κ3) is 2.85. The second-order valence-electron chi connectivity index (χ2n) is 3.29. The summed E-state index contributed by atoms with van der Waals surface area (Å²) in [6, 6.07) is 0. The second kappa shape index (κ2) is 5.18. The van der Waals surface area contributed by atoms with Gasteiger partial charge in [0.1, 0.15) is 0 Å². The van der Waals surface area contributed by atoms with E-state index in [4.69, 9.17) is 0 Å². The fourth-order valence-corrected chi connectivity index (χ4v) is 1.59. The molecule has 3 atom stereocenters. The first-order valence-electron chi connectivity index (χ1n) is 3.90. The zero-order valence-electron chi connectivity index (χ0n) is 8.29. The van der Waals surface area contributed by atoms with Crippen LogP contribution in [0.1, 0.15) is 0 Å². The molecule has 0 N–H and O–H groups in total. The molecule has 0 aliphatic carbocycles. The van der Waals surface area contributed by atoms with Gasteiger partial charge in [-0.1, -0.05) is 34.8 Å². The van der Waals surface area contributed by atoms with Gasteiger partial charge in [-0.15, -0.1) is 0 Å². The van der Waals surface area contributed by atoms with Gasteiger partial charge in [-0.3, -0.25) is 0 Å². The highest BCUT2D eigenvalue weighted by atomic mass is 35.5. The molecular weight excluding hydrogens is 420 g/mol. The van der Waals surface area contributed by atoms with Gasteiger partial charge < -0.3 is 0 Å². The number of alkyl halides is 14.